The van der Waals surface area contributed by atoms with E-state index < -0.39 is 5.82 Å². The minimum absolute atomic E-state index is 0.0248. The molecule has 1 saturated carbocycles. The largest absolute Gasteiger partial charge is 0.467 e. The summed E-state index contributed by atoms with van der Waals surface area (Å²) in [7, 11) is 3.85. The van der Waals surface area contributed by atoms with Crippen molar-refractivity contribution in [3.8, 4) is 0 Å². The number of anilines is 2. The Bertz CT molecular complexity index is 1110. The van der Waals surface area contributed by atoms with Gasteiger partial charge >= 0.3 is 0 Å². The molecule has 0 aliphatic heterocycles. The zero-order valence-corrected chi connectivity index (χ0v) is 18.2. The van der Waals surface area contributed by atoms with Gasteiger partial charge in [-0.2, -0.15) is 0 Å². The zero-order valence-electron chi connectivity index (χ0n) is 18.2. The highest BCUT2D eigenvalue weighted by Crippen LogP contribution is 2.31. The highest BCUT2D eigenvalue weighted by Gasteiger charge is 2.29. The van der Waals surface area contributed by atoms with E-state index in [9.17, 15) is 14.0 Å². The van der Waals surface area contributed by atoms with Gasteiger partial charge in [-0.25, -0.2) is 4.39 Å². The molecular weight excluding hydrogens is 409 g/mol. The molecule has 0 spiro atoms. The standard InChI is InChI=1S/C25H26FN3O3/c1-28(2)23-11-10-21(27-24(30)17-8-9-17)14-19(23)15-29(16-22-7-4-12-32-22)25(31)18-5-3-6-20(26)13-18/h3-7,10-14,17H,8-9,15-16H2,1-2H3,(H,27,30). The van der Waals surface area contributed by atoms with Crippen molar-refractivity contribution in [1.29, 1.82) is 0 Å². The van der Waals surface area contributed by atoms with Crippen molar-refractivity contribution in [1.82, 2.24) is 4.90 Å². The number of rotatable bonds is 8. The average molecular weight is 435 g/mol. The van der Waals surface area contributed by atoms with Crippen LogP contribution < -0.4 is 10.2 Å². The monoisotopic (exact) mass is 435 g/mol. The molecule has 3 aromatic rings. The lowest BCUT2D eigenvalue weighted by Gasteiger charge is -2.26. The van der Waals surface area contributed by atoms with E-state index in [1.165, 1.54) is 18.2 Å². The van der Waals surface area contributed by atoms with Crippen LogP contribution >= 0.6 is 0 Å². The molecule has 166 valence electrons. The van der Waals surface area contributed by atoms with Crippen molar-refractivity contribution < 1.29 is 18.4 Å². The van der Waals surface area contributed by atoms with Gasteiger partial charge in [0.05, 0.1) is 12.8 Å². The predicted molar refractivity (Wildman–Crippen MR) is 121 cm³/mol. The summed E-state index contributed by atoms with van der Waals surface area (Å²) in [6.07, 6.45) is 3.40. The van der Waals surface area contributed by atoms with Crippen LogP contribution in [-0.2, 0) is 17.9 Å². The van der Waals surface area contributed by atoms with E-state index in [0.717, 1.165) is 24.1 Å². The summed E-state index contributed by atoms with van der Waals surface area (Å²) in [4.78, 5) is 29.1. The molecule has 1 N–H and O–H groups in total. The van der Waals surface area contributed by atoms with Crippen LogP contribution in [0.3, 0.4) is 0 Å². The lowest BCUT2D eigenvalue weighted by atomic mass is 10.1. The number of nitrogens with zero attached hydrogens (tertiary/aromatic N) is 2. The van der Waals surface area contributed by atoms with E-state index in [0.29, 0.717) is 11.4 Å². The van der Waals surface area contributed by atoms with Crippen molar-refractivity contribution in [3.05, 3.63) is 83.6 Å². The molecule has 0 bridgehead atoms. The molecule has 4 rings (SSSR count). The fourth-order valence-corrected chi connectivity index (χ4v) is 3.62. The average Bonchev–Trinajstić information content (AvgIpc) is 3.50. The maximum atomic E-state index is 13.8. The van der Waals surface area contributed by atoms with Crippen molar-refractivity contribution in [2.75, 3.05) is 24.3 Å². The molecule has 2 amide bonds. The van der Waals surface area contributed by atoms with Gasteiger partial charge < -0.3 is 19.5 Å². The number of carbonyl (C=O) groups excluding carboxylic acids is 2. The number of halogens is 1. The third-order valence-electron chi connectivity index (χ3n) is 5.42. The number of amides is 2. The molecule has 1 aliphatic carbocycles. The van der Waals surface area contributed by atoms with Crippen LogP contribution in [0.15, 0.2) is 65.3 Å². The Labute approximate surface area is 186 Å². The second-order valence-electron chi connectivity index (χ2n) is 8.25. The Morgan fingerprint density at radius 3 is 2.53 bits per heavy atom. The molecule has 32 heavy (non-hydrogen) atoms. The number of carbonyl (C=O) groups is 2. The van der Waals surface area contributed by atoms with Gasteiger partial charge in [0, 0.05) is 43.5 Å². The van der Waals surface area contributed by atoms with E-state index >= 15 is 0 Å². The van der Waals surface area contributed by atoms with E-state index in [4.69, 9.17) is 4.42 Å². The molecule has 1 heterocycles. The van der Waals surface area contributed by atoms with Crippen molar-refractivity contribution >= 4 is 23.2 Å². The zero-order chi connectivity index (χ0) is 22.7. The Balaban J connectivity index is 1.65. The van der Waals surface area contributed by atoms with Gasteiger partial charge in [-0.1, -0.05) is 6.07 Å². The third kappa shape index (κ3) is 5.17. The first-order chi connectivity index (χ1) is 15.4. The van der Waals surface area contributed by atoms with Gasteiger partial charge in [0.15, 0.2) is 0 Å². The topological polar surface area (TPSA) is 65.8 Å². The summed E-state index contributed by atoms with van der Waals surface area (Å²) in [6, 6.07) is 14.9. The minimum atomic E-state index is -0.465. The molecule has 2 aromatic carbocycles. The molecule has 1 aromatic heterocycles. The fourth-order valence-electron chi connectivity index (χ4n) is 3.62. The van der Waals surface area contributed by atoms with Gasteiger partial charge in [0.1, 0.15) is 11.6 Å². The number of hydrogen-bond acceptors (Lipinski definition) is 4. The first-order valence-electron chi connectivity index (χ1n) is 10.6. The Morgan fingerprint density at radius 1 is 1.06 bits per heavy atom. The van der Waals surface area contributed by atoms with Gasteiger partial charge in [-0.15, -0.1) is 0 Å². The highest BCUT2D eigenvalue weighted by atomic mass is 19.1. The van der Waals surface area contributed by atoms with Crippen molar-refractivity contribution in [3.63, 3.8) is 0 Å². The third-order valence-corrected chi connectivity index (χ3v) is 5.42. The number of furan rings is 1. The van der Waals surface area contributed by atoms with Gasteiger partial charge in [0.25, 0.3) is 5.91 Å². The molecule has 6 nitrogen and oxygen atoms in total. The molecule has 7 heteroatoms. The molecule has 0 radical (unpaired) electrons. The van der Waals surface area contributed by atoms with Gasteiger partial charge in [-0.05, 0) is 66.9 Å². The van der Waals surface area contributed by atoms with Crippen LogP contribution in [0.25, 0.3) is 0 Å². The number of benzene rings is 2. The second-order valence-corrected chi connectivity index (χ2v) is 8.25. The van der Waals surface area contributed by atoms with Gasteiger partial charge in [-0.3, -0.25) is 9.59 Å². The fraction of sp³-hybridized carbons (Fsp3) is 0.280. The van der Waals surface area contributed by atoms with E-state index in [-0.39, 0.29) is 36.4 Å². The molecule has 0 unspecified atom stereocenters. The quantitative estimate of drug-likeness (QED) is 0.558. The van der Waals surface area contributed by atoms with E-state index in [1.807, 2.05) is 37.2 Å². The SMILES string of the molecule is CN(C)c1ccc(NC(=O)C2CC2)cc1CN(Cc1ccco1)C(=O)c1cccc(F)c1. The highest BCUT2D eigenvalue weighted by molar-refractivity contribution is 5.95. The van der Waals surface area contributed by atoms with Crippen LogP contribution in [0.4, 0.5) is 15.8 Å². The summed E-state index contributed by atoms with van der Waals surface area (Å²) in [5.74, 6) is -0.0289. The summed E-state index contributed by atoms with van der Waals surface area (Å²) < 4.78 is 19.2. The summed E-state index contributed by atoms with van der Waals surface area (Å²) in [5.41, 5.74) is 2.74. The van der Waals surface area contributed by atoms with Crippen molar-refractivity contribution in [2.24, 2.45) is 5.92 Å². The number of hydrogen-bond donors (Lipinski definition) is 1. The number of nitrogens with one attached hydrogen (secondary N) is 1. The first-order valence-corrected chi connectivity index (χ1v) is 10.6. The van der Waals surface area contributed by atoms with Crippen LogP contribution in [0.1, 0.15) is 34.5 Å². The molecule has 0 atom stereocenters. The summed E-state index contributed by atoms with van der Waals surface area (Å²) in [5, 5.41) is 2.97. The maximum absolute atomic E-state index is 13.8. The molecule has 0 saturated heterocycles. The smallest absolute Gasteiger partial charge is 0.254 e. The Kier molecular flexibility index (Phi) is 6.25. The van der Waals surface area contributed by atoms with Crippen LogP contribution in [-0.4, -0.2) is 30.8 Å². The first kappa shape index (κ1) is 21.6. The van der Waals surface area contributed by atoms with Crippen LogP contribution in [0.5, 0.6) is 0 Å². The summed E-state index contributed by atoms with van der Waals surface area (Å²) in [6.45, 7) is 0.491. The van der Waals surface area contributed by atoms with Crippen LogP contribution in [0.2, 0.25) is 0 Å². The van der Waals surface area contributed by atoms with E-state index in [1.54, 1.807) is 29.4 Å². The molecule has 1 aliphatic rings. The lowest BCUT2D eigenvalue weighted by Crippen LogP contribution is -2.31. The Morgan fingerprint density at radius 2 is 1.88 bits per heavy atom. The maximum Gasteiger partial charge on any atom is 0.254 e. The normalized spacial score (nSPS) is 13.0. The predicted octanol–water partition coefficient (Wildman–Crippen LogP) is 4.68. The van der Waals surface area contributed by atoms with Crippen molar-refractivity contribution in [2.45, 2.75) is 25.9 Å². The van der Waals surface area contributed by atoms with E-state index in [2.05, 4.69) is 5.32 Å². The summed E-state index contributed by atoms with van der Waals surface area (Å²) >= 11 is 0. The minimum Gasteiger partial charge on any atom is -0.467 e. The molecule has 1 fully saturated rings. The second kappa shape index (κ2) is 9.26. The van der Waals surface area contributed by atoms with Crippen LogP contribution in [0, 0.1) is 11.7 Å². The Hall–Kier alpha value is -3.61. The van der Waals surface area contributed by atoms with Gasteiger partial charge in [0.2, 0.25) is 5.91 Å². The lowest BCUT2D eigenvalue weighted by molar-refractivity contribution is -0.117. The molecular formula is C25H26FN3O3.